The van der Waals surface area contributed by atoms with E-state index >= 15 is 0 Å². The van der Waals surface area contributed by atoms with Gasteiger partial charge in [0.15, 0.2) is 0 Å². The van der Waals surface area contributed by atoms with Crippen molar-refractivity contribution in [1.29, 1.82) is 0 Å². The fourth-order valence-electron chi connectivity index (χ4n) is 8.10. The zero-order chi connectivity index (χ0) is 33.9. The molecule has 0 aliphatic heterocycles. The Balaban J connectivity index is 1.63. The van der Waals surface area contributed by atoms with Gasteiger partial charge in [-0.25, -0.2) is 0 Å². The zero-order valence-corrected chi connectivity index (χ0v) is 27.8. The van der Waals surface area contributed by atoms with Crippen molar-refractivity contribution in [2.24, 2.45) is 14.1 Å². The normalized spacial score (nSPS) is 11.5. The van der Waals surface area contributed by atoms with Crippen LogP contribution in [0, 0.1) is 24.7 Å². The molecule has 0 spiro atoms. The Hall–Kier alpha value is -6.62. The molecule has 2 aromatic heterocycles. The highest BCUT2D eigenvalue weighted by Gasteiger charge is 2.30. The van der Waals surface area contributed by atoms with Crippen molar-refractivity contribution in [2.75, 3.05) is 13.2 Å². The molecule has 0 N–H and O–H groups in total. The van der Waals surface area contributed by atoms with Crippen molar-refractivity contribution >= 4 is 65.2 Å². The Morgan fingerprint density at radius 2 is 0.840 bits per heavy atom. The lowest BCUT2D eigenvalue weighted by Crippen LogP contribution is -2.01. The molecule has 0 saturated carbocycles. The van der Waals surface area contributed by atoms with Gasteiger partial charge in [0.05, 0.1) is 11.0 Å². The topological polar surface area (TPSA) is 28.3 Å². The number of ether oxygens (including phenoxy) is 2. The SMILES string of the molecule is C#CCOc1ccc2ccccc2c1-c1c2c3ccccc3n(C)c2c(-c2c(OCC#C)ccc3ccccc23)c2c3ccccc3n(C)c12. The Labute approximate surface area is 290 Å². The fourth-order valence-corrected chi connectivity index (χ4v) is 8.10. The second kappa shape index (κ2) is 11.5. The summed E-state index contributed by atoms with van der Waals surface area (Å²) in [5.41, 5.74) is 8.69. The lowest BCUT2D eigenvalue weighted by molar-refractivity contribution is 0.372. The van der Waals surface area contributed by atoms with Crippen LogP contribution in [0.3, 0.4) is 0 Å². The zero-order valence-electron chi connectivity index (χ0n) is 27.8. The molecule has 0 unspecified atom stereocenters. The van der Waals surface area contributed by atoms with Gasteiger partial charge in [-0.05, 0) is 45.8 Å². The van der Waals surface area contributed by atoms with E-state index in [0.717, 1.165) is 98.9 Å². The largest absolute Gasteiger partial charge is 0.480 e. The van der Waals surface area contributed by atoms with Gasteiger partial charge in [0, 0.05) is 68.9 Å². The molecule has 9 rings (SSSR count). The average Bonchev–Trinajstić information content (AvgIpc) is 3.63. The molecule has 0 fully saturated rings. The summed E-state index contributed by atoms with van der Waals surface area (Å²) in [6.45, 7) is 0.318. The number of terminal acetylenes is 2. The van der Waals surface area contributed by atoms with Gasteiger partial charge in [-0.15, -0.1) is 12.8 Å². The number of para-hydroxylation sites is 2. The Kier molecular flexibility index (Phi) is 6.80. The fraction of sp³-hybridized carbons (Fsp3) is 0.0870. The van der Waals surface area contributed by atoms with E-state index in [1.54, 1.807) is 0 Å². The van der Waals surface area contributed by atoms with E-state index < -0.39 is 0 Å². The first-order valence-electron chi connectivity index (χ1n) is 16.7. The molecule has 238 valence electrons. The van der Waals surface area contributed by atoms with Crippen LogP contribution in [0.4, 0.5) is 0 Å². The smallest absolute Gasteiger partial charge is 0.148 e. The molecular formula is C46H32N2O2. The van der Waals surface area contributed by atoms with Crippen LogP contribution in [-0.2, 0) is 14.1 Å². The molecule has 0 aliphatic rings. The molecule has 0 aliphatic carbocycles. The van der Waals surface area contributed by atoms with Crippen molar-refractivity contribution in [3.8, 4) is 58.4 Å². The predicted molar refractivity (Wildman–Crippen MR) is 209 cm³/mol. The lowest BCUT2D eigenvalue weighted by Gasteiger charge is -2.21. The van der Waals surface area contributed by atoms with Crippen LogP contribution in [-0.4, -0.2) is 22.3 Å². The Bertz CT molecular complexity index is 2730. The van der Waals surface area contributed by atoms with Crippen molar-refractivity contribution in [2.45, 2.75) is 0 Å². The van der Waals surface area contributed by atoms with Gasteiger partial charge in [-0.2, -0.15) is 0 Å². The Morgan fingerprint density at radius 1 is 0.460 bits per heavy atom. The number of hydrogen-bond donors (Lipinski definition) is 0. The molecule has 2 heterocycles. The quantitative estimate of drug-likeness (QED) is 0.169. The highest BCUT2D eigenvalue weighted by Crippen LogP contribution is 2.55. The number of hydrogen-bond acceptors (Lipinski definition) is 2. The maximum absolute atomic E-state index is 6.42. The van der Waals surface area contributed by atoms with Crippen molar-refractivity contribution in [3.05, 3.63) is 121 Å². The van der Waals surface area contributed by atoms with E-state index in [4.69, 9.17) is 22.3 Å². The van der Waals surface area contributed by atoms with Crippen LogP contribution in [0.15, 0.2) is 121 Å². The van der Waals surface area contributed by atoms with Crippen molar-refractivity contribution in [1.82, 2.24) is 9.13 Å². The minimum Gasteiger partial charge on any atom is -0.480 e. The van der Waals surface area contributed by atoms with Gasteiger partial charge < -0.3 is 18.6 Å². The number of benzene rings is 7. The maximum atomic E-state index is 6.42. The van der Waals surface area contributed by atoms with Crippen molar-refractivity contribution in [3.63, 3.8) is 0 Å². The standard InChI is InChI=1S/C46H32N2O2/c1-5-27-49-37-25-23-29-15-7-9-17-31(29)39(37)43-41-33-19-11-13-21-35(33)48(4)46(41)44(42-34-20-12-14-22-36(34)47(3)45(42)43)40-32-18-10-8-16-30(32)24-26-38(40)50-28-6-2/h1-2,7-26H,27-28H2,3-4H3. The van der Waals surface area contributed by atoms with E-state index in [2.05, 4.69) is 156 Å². The van der Waals surface area contributed by atoms with Gasteiger partial charge in [0.25, 0.3) is 0 Å². The number of aryl methyl sites for hydroxylation is 2. The first-order valence-corrected chi connectivity index (χ1v) is 16.7. The third kappa shape index (κ3) is 4.16. The molecular weight excluding hydrogens is 613 g/mol. The maximum Gasteiger partial charge on any atom is 0.148 e. The number of rotatable bonds is 6. The van der Waals surface area contributed by atoms with Gasteiger partial charge in [0.2, 0.25) is 0 Å². The highest BCUT2D eigenvalue weighted by molar-refractivity contribution is 6.35. The lowest BCUT2D eigenvalue weighted by atomic mass is 9.86. The molecule has 9 aromatic rings. The van der Waals surface area contributed by atoms with Crippen LogP contribution in [0.5, 0.6) is 11.5 Å². The molecule has 0 atom stereocenters. The van der Waals surface area contributed by atoms with Crippen LogP contribution in [0.25, 0.3) is 87.4 Å². The van der Waals surface area contributed by atoms with E-state index in [1.165, 1.54) is 0 Å². The summed E-state index contributed by atoms with van der Waals surface area (Å²) in [6, 6.07) is 42.7. The monoisotopic (exact) mass is 644 g/mol. The van der Waals surface area contributed by atoms with Crippen LogP contribution in [0.2, 0.25) is 0 Å². The summed E-state index contributed by atoms with van der Waals surface area (Å²) >= 11 is 0. The Morgan fingerprint density at radius 3 is 1.26 bits per heavy atom. The molecule has 0 amide bonds. The highest BCUT2D eigenvalue weighted by atomic mass is 16.5. The molecule has 0 saturated heterocycles. The number of nitrogens with zero attached hydrogens (tertiary/aromatic N) is 2. The second-order valence-corrected chi connectivity index (χ2v) is 12.7. The van der Waals surface area contributed by atoms with Crippen LogP contribution >= 0.6 is 0 Å². The van der Waals surface area contributed by atoms with Gasteiger partial charge >= 0.3 is 0 Å². The summed E-state index contributed by atoms with van der Waals surface area (Å²) in [7, 11) is 4.34. The van der Waals surface area contributed by atoms with Gasteiger partial charge in [0.1, 0.15) is 24.7 Å². The number of fused-ring (bicyclic) bond motifs is 8. The first-order chi connectivity index (χ1) is 24.6. The third-order valence-electron chi connectivity index (χ3n) is 10.1. The van der Waals surface area contributed by atoms with E-state index in [-0.39, 0.29) is 13.2 Å². The van der Waals surface area contributed by atoms with E-state index in [9.17, 15) is 0 Å². The van der Waals surface area contributed by atoms with E-state index in [1.807, 2.05) is 0 Å². The molecule has 7 aromatic carbocycles. The van der Waals surface area contributed by atoms with Gasteiger partial charge in [-0.1, -0.05) is 109 Å². The summed E-state index contributed by atoms with van der Waals surface area (Å²) in [6.07, 6.45) is 11.6. The first kappa shape index (κ1) is 29.5. The molecule has 50 heavy (non-hydrogen) atoms. The summed E-state index contributed by atoms with van der Waals surface area (Å²) in [5.74, 6) is 6.89. The van der Waals surface area contributed by atoms with Crippen molar-refractivity contribution < 1.29 is 9.47 Å². The van der Waals surface area contributed by atoms with Gasteiger partial charge in [-0.3, -0.25) is 0 Å². The molecule has 0 bridgehead atoms. The average molecular weight is 645 g/mol. The predicted octanol–water partition coefficient (Wildman–Crippen LogP) is 10.6. The molecule has 4 nitrogen and oxygen atoms in total. The minimum atomic E-state index is 0.159. The number of aromatic nitrogens is 2. The van der Waals surface area contributed by atoms with E-state index in [0.29, 0.717) is 0 Å². The summed E-state index contributed by atoms with van der Waals surface area (Å²) in [4.78, 5) is 0. The summed E-state index contributed by atoms with van der Waals surface area (Å²) in [5, 5.41) is 9.00. The third-order valence-corrected chi connectivity index (χ3v) is 10.1. The van der Waals surface area contributed by atoms with Crippen LogP contribution < -0.4 is 9.47 Å². The minimum absolute atomic E-state index is 0.159. The summed E-state index contributed by atoms with van der Waals surface area (Å²) < 4.78 is 17.5. The second-order valence-electron chi connectivity index (χ2n) is 12.7. The molecule has 0 radical (unpaired) electrons. The molecule has 4 heteroatoms. The van der Waals surface area contributed by atoms with Crippen LogP contribution in [0.1, 0.15) is 0 Å².